The van der Waals surface area contributed by atoms with Crippen LogP contribution in [0.15, 0.2) is 54.6 Å². The highest BCUT2D eigenvalue weighted by Crippen LogP contribution is 2.20. The topological polar surface area (TPSA) is 111 Å². The van der Waals surface area contributed by atoms with Gasteiger partial charge in [0.1, 0.15) is 11.6 Å². The van der Waals surface area contributed by atoms with Crippen LogP contribution in [0.2, 0.25) is 0 Å². The lowest BCUT2D eigenvalue weighted by Gasteiger charge is -2.24. The van der Waals surface area contributed by atoms with Gasteiger partial charge in [-0.3, -0.25) is 9.59 Å². The first-order chi connectivity index (χ1) is 13.3. The first-order valence-corrected chi connectivity index (χ1v) is 8.99. The number of carbonyl (C=O) groups is 3. The smallest absolute Gasteiger partial charge is 0.328 e. The first-order valence-electron chi connectivity index (χ1n) is 8.99. The normalized spacial score (nSPS) is 13.2. The lowest BCUT2D eigenvalue weighted by Crippen LogP contribution is -2.45. The van der Waals surface area contributed by atoms with Crippen LogP contribution in [0.1, 0.15) is 36.7 Å². The summed E-state index contributed by atoms with van der Waals surface area (Å²) in [5.41, 5.74) is 6.55. The number of nitrogens with two attached hydrogens (primary N) is 1. The number of anilines is 1. The van der Waals surface area contributed by atoms with E-state index >= 15 is 0 Å². The molecule has 0 spiro atoms. The highest BCUT2D eigenvalue weighted by molar-refractivity contribution is 6.00. The second kappa shape index (κ2) is 10.6. The van der Waals surface area contributed by atoms with Crippen molar-refractivity contribution in [1.29, 1.82) is 0 Å². The Labute approximate surface area is 176 Å². The third kappa shape index (κ3) is 6.30. The predicted octanol–water partition coefficient (Wildman–Crippen LogP) is 2.60. The summed E-state index contributed by atoms with van der Waals surface area (Å²) in [5.74, 6) is -1.28. The Morgan fingerprint density at radius 2 is 1.66 bits per heavy atom. The summed E-state index contributed by atoms with van der Waals surface area (Å²) in [7, 11) is 0. The molecule has 2 aromatic rings. The lowest BCUT2D eigenvalue weighted by molar-refractivity contribution is -0.144. The molecule has 0 aliphatic rings. The molecule has 0 bridgehead atoms. The molecule has 2 aromatic carbocycles. The van der Waals surface area contributed by atoms with Gasteiger partial charge in [0.15, 0.2) is 0 Å². The summed E-state index contributed by atoms with van der Waals surface area (Å²) in [5, 5.41) is 5.32. The van der Waals surface area contributed by atoms with Crippen molar-refractivity contribution < 1.29 is 19.1 Å². The molecular formula is C21H26ClN3O4. The minimum Gasteiger partial charge on any atom is -0.464 e. The van der Waals surface area contributed by atoms with Crippen LogP contribution in [0.5, 0.6) is 0 Å². The molecule has 0 aliphatic carbocycles. The van der Waals surface area contributed by atoms with E-state index in [0.29, 0.717) is 16.8 Å². The Balaban J connectivity index is 0.00000420. The summed E-state index contributed by atoms with van der Waals surface area (Å²) in [6.07, 6.45) is 0. The Hall–Kier alpha value is -2.90. The predicted molar refractivity (Wildman–Crippen MR) is 114 cm³/mol. The highest BCUT2D eigenvalue weighted by atomic mass is 35.5. The third-order valence-electron chi connectivity index (χ3n) is 4.24. The number of nitrogens with one attached hydrogen (secondary N) is 2. The Bertz CT molecular complexity index is 839. The maximum atomic E-state index is 12.6. The van der Waals surface area contributed by atoms with Gasteiger partial charge in [-0.1, -0.05) is 30.3 Å². The van der Waals surface area contributed by atoms with Gasteiger partial charge in [0.05, 0.1) is 6.61 Å². The van der Waals surface area contributed by atoms with Gasteiger partial charge < -0.3 is 21.1 Å². The molecule has 0 fully saturated rings. The molecule has 8 heteroatoms. The van der Waals surface area contributed by atoms with E-state index in [2.05, 4.69) is 10.6 Å². The minimum atomic E-state index is -1.20. The van der Waals surface area contributed by atoms with E-state index in [1.54, 1.807) is 57.2 Å². The zero-order chi connectivity index (χ0) is 20.7. The van der Waals surface area contributed by atoms with Crippen LogP contribution in [0.3, 0.4) is 0 Å². The van der Waals surface area contributed by atoms with E-state index in [9.17, 15) is 14.4 Å². The van der Waals surface area contributed by atoms with E-state index in [0.717, 1.165) is 0 Å². The largest absolute Gasteiger partial charge is 0.464 e. The zero-order valence-electron chi connectivity index (χ0n) is 16.6. The Morgan fingerprint density at radius 3 is 2.21 bits per heavy atom. The Kier molecular flexibility index (Phi) is 8.82. The molecular weight excluding hydrogens is 394 g/mol. The molecule has 0 aliphatic heterocycles. The number of hydrogen-bond donors (Lipinski definition) is 3. The number of hydrogen-bond acceptors (Lipinski definition) is 5. The molecule has 2 unspecified atom stereocenters. The van der Waals surface area contributed by atoms with Gasteiger partial charge in [0.25, 0.3) is 5.91 Å². The fourth-order valence-corrected chi connectivity index (χ4v) is 2.49. The van der Waals surface area contributed by atoms with E-state index in [-0.39, 0.29) is 24.9 Å². The third-order valence-corrected chi connectivity index (χ3v) is 4.24. The van der Waals surface area contributed by atoms with Crippen molar-refractivity contribution in [1.82, 2.24) is 5.32 Å². The molecule has 0 aromatic heterocycles. The number of esters is 1. The molecule has 156 valence electrons. The van der Waals surface area contributed by atoms with Gasteiger partial charge in [-0.2, -0.15) is 0 Å². The van der Waals surface area contributed by atoms with Gasteiger partial charge in [-0.25, -0.2) is 4.79 Å². The van der Waals surface area contributed by atoms with Gasteiger partial charge in [-0.15, -0.1) is 12.4 Å². The van der Waals surface area contributed by atoms with Crippen molar-refractivity contribution >= 4 is 35.9 Å². The number of ether oxygens (including phenoxy) is 1. The van der Waals surface area contributed by atoms with Crippen molar-refractivity contribution in [2.45, 2.75) is 32.4 Å². The number of halogens is 1. The number of benzene rings is 2. The van der Waals surface area contributed by atoms with Crippen LogP contribution >= 0.6 is 12.4 Å². The van der Waals surface area contributed by atoms with E-state index < -0.39 is 23.5 Å². The maximum Gasteiger partial charge on any atom is 0.328 e. The van der Waals surface area contributed by atoms with Gasteiger partial charge in [0, 0.05) is 11.3 Å². The summed E-state index contributed by atoms with van der Waals surface area (Å²) in [4.78, 5) is 36.4. The van der Waals surface area contributed by atoms with Crippen LogP contribution in [-0.2, 0) is 19.9 Å². The van der Waals surface area contributed by atoms with Crippen molar-refractivity contribution in [2.75, 3.05) is 11.9 Å². The number of rotatable bonds is 7. The summed E-state index contributed by atoms with van der Waals surface area (Å²) in [6.45, 7) is 5.13. The molecule has 2 atom stereocenters. The molecule has 0 saturated heterocycles. The fraction of sp³-hybridized carbons (Fsp3) is 0.286. The fourth-order valence-electron chi connectivity index (χ4n) is 2.49. The number of amides is 2. The molecule has 7 nitrogen and oxygen atoms in total. The quantitative estimate of drug-likeness (QED) is 0.597. The minimum absolute atomic E-state index is 0. The van der Waals surface area contributed by atoms with Crippen molar-refractivity contribution in [3.8, 4) is 0 Å². The van der Waals surface area contributed by atoms with Crippen LogP contribution in [0, 0.1) is 0 Å². The molecule has 2 rings (SSSR count). The molecule has 0 heterocycles. The van der Waals surface area contributed by atoms with Crippen molar-refractivity contribution in [3.63, 3.8) is 0 Å². The van der Waals surface area contributed by atoms with Gasteiger partial charge >= 0.3 is 5.97 Å². The zero-order valence-corrected chi connectivity index (χ0v) is 17.4. The second-order valence-electron chi connectivity index (χ2n) is 6.55. The van der Waals surface area contributed by atoms with Crippen molar-refractivity contribution in [2.24, 2.45) is 5.73 Å². The monoisotopic (exact) mass is 419 g/mol. The standard InChI is InChI=1S/C21H25N3O4.ClH/c1-4-28-19(26)14(2)23-18(25)15-10-12-17(13-11-15)24-20(27)21(3,22)16-8-6-5-7-9-16;/h5-14H,4,22H2,1-3H3,(H,23,25)(H,24,27);1H. The highest BCUT2D eigenvalue weighted by Gasteiger charge is 2.30. The SMILES string of the molecule is CCOC(=O)C(C)NC(=O)c1ccc(NC(=O)C(C)(N)c2ccccc2)cc1.Cl. The van der Waals surface area contributed by atoms with E-state index in [1.165, 1.54) is 0 Å². The van der Waals surface area contributed by atoms with Gasteiger partial charge in [0.2, 0.25) is 5.91 Å². The molecule has 0 saturated carbocycles. The lowest BCUT2D eigenvalue weighted by atomic mass is 9.92. The van der Waals surface area contributed by atoms with Gasteiger partial charge in [-0.05, 0) is 50.6 Å². The van der Waals surface area contributed by atoms with Crippen LogP contribution in [-0.4, -0.2) is 30.4 Å². The average Bonchev–Trinajstić information content (AvgIpc) is 2.69. The van der Waals surface area contributed by atoms with Crippen LogP contribution in [0.4, 0.5) is 5.69 Å². The van der Waals surface area contributed by atoms with E-state index in [1.807, 2.05) is 18.2 Å². The molecule has 4 N–H and O–H groups in total. The second-order valence-corrected chi connectivity index (χ2v) is 6.55. The van der Waals surface area contributed by atoms with Crippen molar-refractivity contribution in [3.05, 3.63) is 65.7 Å². The average molecular weight is 420 g/mol. The maximum absolute atomic E-state index is 12.6. The first kappa shape index (κ1) is 24.1. The van der Waals surface area contributed by atoms with E-state index in [4.69, 9.17) is 10.5 Å². The summed E-state index contributed by atoms with van der Waals surface area (Å²) in [6, 6.07) is 14.6. The molecule has 2 amide bonds. The van der Waals surface area contributed by atoms with Crippen LogP contribution < -0.4 is 16.4 Å². The summed E-state index contributed by atoms with van der Waals surface area (Å²) >= 11 is 0. The number of carbonyl (C=O) groups excluding carboxylic acids is 3. The molecule has 29 heavy (non-hydrogen) atoms. The Morgan fingerprint density at radius 1 is 1.07 bits per heavy atom. The summed E-state index contributed by atoms with van der Waals surface area (Å²) < 4.78 is 4.86. The molecule has 0 radical (unpaired) electrons. The van der Waals surface area contributed by atoms with Crippen LogP contribution in [0.25, 0.3) is 0 Å².